The zero-order chi connectivity index (χ0) is 20.5. The van der Waals surface area contributed by atoms with E-state index in [1.54, 1.807) is 26.0 Å². The van der Waals surface area contributed by atoms with Gasteiger partial charge in [-0.1, -0.05) is 29.8 Å². The fraction of sp³-hybridized carbons (Fsp3) is 0.333. The summed E-state index contributed by atoms with van der Waals surface area (Å²) >= 11 is 6.06. The lowest BCUT2D eigenvalue weighted by molar-refractivity contribution is -0.144. The Bertz CT molecular complexity index is 1030. The predicted molar refractivity (Wildman–Crippen MR) is 96.9 cm³/mol. The lowest BCUT2D eigenvalue weighted by Gasteiger charge is -2.11. The maximum atomic E-state index is 12.8. The summed E-state index contributed by atoms with van der Waals surface area (Å²) < 4.78 is 39.6. The molecule has 2 aromatic heterocycles. The minimum Gasteiger partial charge on any atom is -0.352 e. The molecule has 2 heterocycles. The molecule has 0 bridgehead atoms. The third-order valence-corrected chi connectivity index (χ3v) is 4.71. The Hall–Kier alpha value is -2.68. The Kier molecular flexibility index (Phi) is 5.55. The van der Waals surface area contributed by atoms with Crippen LogP contribution >= 0.6 is 11.6 Å². The van der Waals surface area contributed by atoms with Gasteiger partial charge in [0.25, 0.3) is 11.6 Å². The zero-order valence-electron chi connectivity index (χ0n) is 15.1. The van der Waals surface area contributed by atoms with Crippen molar-refractivity contribution in [1.82, 2.24) is 24.9 Å². The molecule has 0 aliphatic rings. The lowest BCUT2D eigenvalue weighted by atomic mass is 10.1. The summed E-state index contributed by atoms with van der Waals surface area (Å²) in [4.78, 5) is 19.7. The van der Waals surface area contributed by atoms with Gasteiger partial charge in [-0.05, 0) is 37.5 Å². The van der Waals surface area contributed by atoms with Crippen molar-refractivity contribution in [2.75, 3.05) is 0 Å². The first-order valence-corrected chi connectivity index (χ1v) is 8.84. The summed E-state index contributed by atoms with van der Waals surface area (Å²) in [5, 5.41) is 6.85. The predicted octanol–water partition coefficient (Wildman–Crippen LogP) is 3.66. The van der Waals surface area contributed by atoms with Crippen molar-refractivity contribution in [3.63, 3.8) is 0 Å². The van der Waals surface area contributed by atoms with Gasteiger partial charge in [0, 0.05) is 29.4 Å². The van der Waals surface area contributed by atoms with E-state index in [1.165, 1.54) is 0 Å². The quantitative estimate of drug-likeness (QED) is 0.695. The number of carbonyl (C=O) groups excluding carboxylic acids is 1. The SMILES string of the molecule is Cc1nc2nc(C(F)(F)F)nn2c(C)c1CCC(=O)NCc1ccccc1Cl. The van der Waals surface area contributed by atoms with E-state index in [4.69, 9.17) is 11.6 Å². The van der Waals surface area contributed by atoms with Crippen LogP contribution in [-0.2, 0) is 23.9 Å². The van der Waals surface area contributed by atoms with E-state index in [-0.39, 0.29) is 18.1 Å². The molecule has 3 rings (SSSR count). The van der Waals surface area contributed by atoms with Gasteiger partial charge in [0.05, 0.1) is 0 Å². The average molecular weight is 412 g/mol. The molecule has 0 fully saturated rings. The van der Waals surface area contributed by atoms with Gasteiger partial charge in [0.1, 0.15) is 0 Å². The van der Waals surface area contributed by atoms with Gasteiger partial charge in [-0.15, -0.1) is 5.10 Å². The van der Waals surface area contributed by atoms with Crippen LogP contribution in [0.3, 0.4) is 0 Å². The first-order valence-electron chi connectivity index (χ1n) is 8.47. The van der Waals surface area contributed by atoms with E-state index in [0.717, 1.165) is 10.1 Å². The molecule has 0 atom stereocenters. The van der Waals surface area contributed by atoms with Crippen molar-refractivity contribution < 1.29 is 18.0 Å². The van der Waals surface area contributed by atoms with Crippen molar-refractivity contribution in [1.29, 1.82) is 0 Å². The lowest BCUT2D eigenvalue weighted by Crippen LogP contribution is -2.23. The van der Waals surface area contributed by atoms with Crippen LogP contribution in [0.4, 0.5) is 13.2 Å². The second kappa shape index (κ2) is 7.75. The third kappa shape index (κ3) is 4.24. The highest BCUT2D eigenvalue weighted by molar-refractivity contribution is 6.31. The van der Waals surface area contributed by atoms with Crippen LogP contribution < -0.4 is 5.32 Å². The molecule has 0 radical (unpaired) electrons. The van der Waals surface area contributed by atoms with Gasteiger partial charge < -0.3 is 5.32 Å². The molecular weight excluding hydrogens is 395 g/mol. The second-order valence-corrected chi connectivity index (χ2v) is 6.68. The van der Waals surface area contributed by atoms with Crippen LogP contribution in [0.1, 0.15) is 34.8 Å². The Morgan fingerprint density at radius 2 is 1.93 bits per heavy atom. The first-order chi connectivity index (χ1) is 13.2. The van der Waals surface area contributed by atoms with Crippen molar-refractivity contribution in [2.24, 2.45) is 0 Å². The number of amides is 1. The molecule has 0 unspecified atom stereocenters. The van der Waals surface area contributed by atoms with Crippen LogP contribution in [0.15, 0.2) is 24.3 Å². The molecule has 0 spiro atoms. The van der Waals surface area contributed by atoms with Gasteiger partial charge in [0.2, 0.25) is 5.91 Å². The number of alkyl halides is 3. The maximum absolute atomic E-state index is 12.8. The van der Waals surface area contributed by atoms with E-state index in [9.17, 15) is 18.0 Å². The molecule has 1 N–H and O–H groups in total. The largest absolute Gasteiger partial charge is 0.453 e. The molecule has 0 aliphatic carbocycles. The fourth-order valence-corrected chi connectivity index (χ4v) is 3.06. The number of aromatic nitrogens is 4. The van der Waals surface area contributed by atoms with E-state index in [2.05, 4.69) is 20.4 Å². The maximum Gasteiger partial charge on any atom is 0.453 e. The topological polar surface area (TPSA) is 72.2 Å². The van der Waals surface area contributed by atoms with Gasteiger partial charge >= 0.3 is 6.18 Å². The molecule has 28 heavy (non-hydrogen) atoms. The summed E-state index contributed by atoms with van der Waals surface area (Å²) in [5.74, 6) is -1.56. The Morgan fingerprint density at radius 1 is 1.21 bits per heavy atom. The number of fused-ring (bicyclic) bond motifs is 1. The van der Waals surface area contributed by atoms with Crippen LogP contribution in [0, 0.1) is 13.8 Å². The summed E-state index contributed by atoms with van der Waals surface area (Å²) in [5.41, 5.74) is 2.46. The second-order valence-electron chi connectivity index (χ2n) is 6.27. The molecule has 0 saturated heterocycles. The standard InChI is InChI=1S/C18H17ClF3N5O/c1-10-13(7-8-15(28)23-9-12-5-3-4-6-14(12)19)11(2)27-17(24-10)25-16(26-27)18(20,21)22/h3-6H,7-9H2,1-2H3,(H,23,28). The van der Waals surface area contributed by atoms with E-state index >= 15 is 0 Å². The molecule has 3 aromatic rings. The number of hydrogen-bond donors (Lipinski definition) is 1. The number of halogens is 4. The van der Waals surface area contributed by atoms with Crippen molar-refractivity contribution in [3.8, 4) is 0 Å². The molecule has 0 aliphatic heterocycles. The third-order valence-electron chi connectivity index (χ3n) is 4.34. The normalized spacial score (nSPS) is 11.8. The van der Waals surface area contributed by atoms with Gasteiger partial charge in [-0.2, -0.15) is 18.2 Å². The zero-order valence-corrected chi connectivity index (χ0v) is 15.9. The summed E-state index contributed by atoms with van der Waals surface area (Å²) in [6.07, 6.45) is -4.18. The number of carbonyl (C=O) groups is 1. The van der Waals surface area contributed by atoms with E-state index in [0.29, 0.717) is 34.9 Å². The molecular formula is C18H17ClF3N5O. The first kappa shape index (κ1) is 20.1. The van der Waals surface area contributed by atoms with E-state index in [1.807, 2.05) is 12.1 Å². The van der Waals surface area contributed by atoms with Crippen molar-refractivity contribution >= 4 is 23.3 Å². The van der Waals surface area contributed by atoms with Gasteiger partial charge in [-0.25, -0.2) is 9.50 Å². The van der Waals surface area contributed by atoms with E-state index < -0.39 is 12.0 Å². The van der Waals surface area contributed by atoms with Gasteiger partial charge in [0.15, 0.2) is 0 Å². The average Bonchev–Trinajstić information content (AvgIpc) is 3.05. The molecule has 0 saturated carbocycles. The molecule has 148 valence electrons. The van der Waals surface area contributed by atoms with Crippen LogP contribution in [0.5, 0.6) is 0 Å². The number of aryl methyl sites for hydroxylation is 2. The van der Waals surface area contributed by atoms with Crippen molar-refractivity contribution in [3.05, 3.63) is 57.6 Å². The minimum atomic E-state index is -4.65. The Labute approximate surface area is 163 Å². The number of benzene rings is 1. The van der Waals surface area contributed by atoms with Crippen molar-refractivity contribution in [2.45, 2.75) is 39.4 Å². The highest BCUT2D eigenvalue weighted by Gasteiger charge is 2.36. The van der Waals surface area contributed by atoms with Crippen LogP contribution in [0.25, 0.3) is 5.78 Å². The summed E-state index contributed by atoms with van der Waals surface area (Å²) in [7, 11) is 0. The molecule has 10 heteroatoms. The highest BCUT2D eigenvalue weighted by atomic mass is 35.5. The number of nitrogens with one attached hydrogen (secondary N) is 1. The monoisotopic (exact) mass is 411 g/mol. The number of hydrogen-bond acceptors (Lipinski definition) is 4. The van der Waals surface area contributed by atoms with Crippen LogP contribution in [0.2, 0.25) is 5.02 Å². The van der Waals surface area contributed by atoms with Gasteiger partial charge in [-0.3, -0.25) is 4.79 Å². The number of rotatable bonds is 5. The molecule has 1 amide bonds. The Balaban J connectivity index is 1.71. The molecule has 6 nitrogen and oxygen atoms in total. The molecule has 1 aromatic carbocycles. The summed E-state index contributed by atoms with van der Waals surface area (Å²) in [6.45, 7) is 3.60. The fourth-order valence-electron chi connectivity index (χ4n) is 2.85. The summed E-state index contributed by atoms with van der Waals surface area (Å²) in [6, 6.07) is 7.19. The smallest absolute Gasteiger partial charge is 0.352 e. The van der Waals surface area contributed by atoms with Crippen LogP contribution in [-0.4, -0.2) is 25.5 Å². The highest BCUT2D eigenvalue weighted by Crippen LogP contribution is 2.27. The number of nitrogens with zero attached hydrogens (tertiary/aromatic N) is 4. The minimum absolute atomic E-state index is 0.116. The Morgan fingerprint density at radius 3 is 2.61 bits per heavy atom.